The van der Waals surface area contributed by atoms with Crippen molar-refractivity contribution < 1.29 is 18.7 Å². The standard InChI is InChI=1S/C17H22FNO3/c1-11-5-4-6-12(2)19(11)17(21)10-22-14-7-8-15(13(3)20)16(18)9-14/h7-9,11-12H,4-6,10H2,1-3H3/t11-,12+. The first-order valence-electron chi connectivity index (χ1n) is 7.64. The molecule has 5 heteroatoms. The van der Waals surface area contributed by atoms with E-state index in [2.05, 4.69) is 0 Å². The zero-order valence-corrected chi connectivity index (χ0v) is 13.3. The highest BCUT2D eigenvalue weighted by Crippen LogP contribution is 2.23. The molecule has 0 aliphatic carbocycles. The third-order valence-electron chi connectivity index (χ3n) is 4.16. The minimum absolute atomic E-state index is 0.0250. The van der Waals surface area contributed by atoms with Crippen LogP contribution in [0.1, 0.15) is 50.4 Å². The molecule has 0 bridgehead atoms. The van der Waals surface area contributed by atoms with E-state index in [1.807, 2.05) is 18.7 Å². The van der Waals surface area contributed by atoms with Gasteiger partial charge in [0.2, 0.25) is 0 Å². The topological polar surface area (TPSA) is 46.6 Å². The van der Waals surface area contributed by atoms with Gasteiger partial charge in [-0.25, -0.2) is 4.39 Å². The lowest BCUT2D eigenvalue weighted by Crippen LogP contribution is -2.49. The highest BCUT2D eigenvalue weighted by molar-refractivity contribution is 5.94. The Labute approximate surface area is 130 Å². The molecule has 1 amide bonds. The molecule has 2 rings (SSSR count). The number of amides is 1. The molecule has 1 aromatic rings. The van der Waals surface area contributed by atoms with Gasteiger partial charge in [0.15, 0.2) is 12.4 Å². The van der Waals surface area contributed by atoms with Crippen molar-refractivity contribution in [2.75, 3.05) is 6.61 Å². The fourth-order valence-electron chi connectivity index (χ4n) is 3.00. The molecule has 0 saturated carbocycles. The molecule has 1 heterocycles. The molecule has 120 valence electrons. The summed E-state index contributed by atoms with van der Waals surface area (Å²) < 4.78 is 19.1. The fraction of sp³-hybridized carbons (Fsp3) is 0.529. The molecule has 0 spiro atoms. The molecule has 1 aromatic carbocycles. The highest BCUT2D eigenvalue weighted by Gasteiger charge is 2.29. The van der Waals surface area contributed by atoms with Gasteiger partial charge < -0.3 is 9.64 Å². The summed E-state index contributed by atoms with van der Waals surface area (Å²) in [4.78, 5) is 25.3. The lowest BCUT2D eigenvalue weighted by atomic mass is 9.97. The Bertz CT molecular complexity index is 563. The van der Waals surface area contributed by atoms with Crippen LogP contribution in [0.5, 0.6) is 5.75 Å². The van der Waals surface area contributed by atoms with Gasteiger partial charge >= 0.3 is 0 Å². The van der Waals surface area contributed by atoms with Gasteiger partial charge in [0, 0.05) is 18.2 Å². The molecule has 2 atom stereocenters. The van der Waals surface area contributed by atoms with E-state index >= 15 is 0 Å². The maximum atomic E-state index is 13.7. The first kappa shape index (κ1) is 16.5. The number of ether oxygens (including phenoxy) is 1. The minimum Gasteiger partial charge on any atom is -0.484 e. The van der Waals surface area contributed by atoms with Crippen LogP contribution in [0.3, 0.4) is 0 Å². The van der Waals surface area contributed by atoms with E-state index in [9.17, 15) is 14.0 Å². The van der Waals surface area contributed by atoms with Crippen LogP contribution in [0.25, 0.3) is 0 Å². The lowest BCUT2D eigenvalue weighted by Gasteiger charge is -2.38. The minimum atomic E-state index is -0.628. The van der Waals surface area contributed by atoms with E-state index in [4.69, 9.17) is 4.74 Å². The van der Waals surface area contributed by atoms with Crippen molar-refractivity contribution in [3.8, 4) is 5.75 Å². The van der Waals surface area contributed by atoms with Gasteiger partial charge in [-0.2, -0.15) is 0 Å². The van der Waals surface area contributed by atoms with Gasteiger partial charge in [0.05, 0.1) is 5.56 Å². The quantitative estimate of drug-likeness (QED) is 0.803. The van der Waals surface area contributed by atoms with E-state index in [1.54, 1.807) is 0 Å². The summed E-state index contributed by atoms with van der Waals surface area (Å²) in [6.45, 7) is 5.26. The average Bonchev–Trinajstić information content (AvgIpc) is 2.44. The second-order valence-corrected chi connectivity index (χ2v) is 5.92. The lowest BCUT2D eigenvalue weighted by molar-refractivity contribution is -0.139. The van der Waals surface area contributed by atoms with Crippen LogP contribution in [0.4, 0.5) is 4.39 Å². The van der Waals surface area contributed by atoms with Crippen LogP contribution in [-0.4, -0.2) is 35.3 Å². The van der Waals surface area contributed by atoms with Crippen molar-refractivity contribution in [2.24, 2.45) is 0 Å². The summed E-state index contributed by atoms with van der Waals surface area (Å²) in [5.41, 5.74) is 0.0250. The number of carbonyl (C=O) groups excluding carboxylic acids is 2. The Morgan fingerprint density at radius 3 is 2.45 bits per heavy atom. The molecule has 1 fully saturated rings. The Hall–Kier alpha value is -1.91. The SMILES string of the molecule is CC(=O)c1ccc(OCC(=O)N2[C@H](C)CCC[C@@H]2C)cc1F. The molecule has 1 aliphatic heterocycles. The van der Waals surface area contributed by atoms with E-state index in [1.165, 1.54) is 19.1 Å². The highest BCUT2D eigenvalue weighted by atomic mass is 19.1. The van der Waals surface area contributed by atoms with Crippen LogP contribution in [0.2, 0.25) is 0 Å². The Morgan fingerprint density at radius 2 is 1.91 bits per heavy atom. The van der Waals surface area contributed by atoms with Crippen LogP contribution in [0.15, 0.2) is 18.2 Å². The number of rotatable bonds is 4. The van der Waals surface area contributed by atoms with Crippen molar-refractivity contribution >= 4 is 11.7 Å². The molecule has 22 heavy (non-hydrogen) atoms. The molecule has 0 aromatic heterocycles. The molecular weight excluding hydrogens is 285 g/mol. The average molecular weight is 307 g/mol. The van der Waals surface area contributed by atoms with Crippen molar-refractivity contribution in [3.05, 3.63) is 29.6 Å². The van der Waals surface area contributed by atoms with Crippen molar-refractivity contribution in [1.29, 1.82) is 0 Å². The zero-order valence-electron chi connectivity index (χ0n) is 13.3. The van der Waals surface area contributed by atoms with E-state index in [0.29, 0.717) is 0 Å². The Balaban J connectivity index is 1.99. The van der Waals surface area contributed by atoms with Crippen molar-refractivity contribution in [1.82, 2.24) is 4.90 Å². The maximum Gasteiger partial charge on any atom is 0.260 e. The number of hydrogen-bond acceptors (Lipinski definition) is 3. The third kappa shape index (κ3) is 3.64. The predicted molar refractivity (Wildman–Crippen MR) is 81.5 cm³/mol. The number of benzene rings is 1. The first-order chi connectivity index (χ1) is 10.4. The molecule has 1 aliphatic rings. The number of carbonyl (C=O) groups is 2. The van der Waals surface area contributed by atoms with Crippen LogP contribution in [0, 0.1) is 5.82 Å². The molecule has 0 N–H and O–H groups in total. The first-order valence-corrected chi connectivity index (χ1v) is 7.64. The number of halogens is 1. The normalized spacial score (nSPS) is 21.5. The Kier molecular flexibility index (Phi) is 5.16. The monoisotopic (exact) mass is 307 g/mol. The largest absolute Gasteiger partial charge is 0.484 e. The Morgan fingerprint density at radius 1 is 1.27 bits per heavy atom. The molecule has 0 unspecified atom stereocenters. The number of Topliss-reactive ketones (excluding diaryl/α,β-unsaturated/α-hetero) is 1. The van der Waals surface area contributed by atoms with Gasteiger partial charge in [-0.05, 0) is 52.2 Å². The van der Waals surface area contributed by atoms with Crippen LogP contribution in [-0.2, 0) is 4.79 Å². The summed E-state index contributed by atoms with van der Waals surface area (Å²) in [5, 5.41) is 0. The predicted octanol–water partition coefficient (Wildman–Crippen LogP) is 3.20. The van der Waals surface area contributed by atoms with E-state index < -0.39 is 5.82 Å². The van der Waals surface area contributed by atoms with Crippen LogP contribution < -0.4 is 4.74 Å². The zero-order chi connectivity index (χ0) is 16.3. The smallest absolute Gasteiger partial charge is 0.260 e. The maximum absolute atomic E-state index is 13.7. The van der Waals surface area contributed by atoms with Gasteiger partial charge in [-0.3, -0.25) is 9.59 Å². The molecular formula is C17H22FNO3. The summed E-state index contributed by atoms with van der Waals surface area (Å²) in [6, 6.07) is 4.45. The summed E-state index contributed by atoms with van der Waals surface area (Å²) in [5.74, 6) is -0.794. The third-order valence-corrected chi connectivity index (χ3v) is 4.16. The van der Waals surface area contributed by atoms with Crippen molar-refractivity contribution in [3.63, 3.8) is 0 Å². The van der Waals surface area contributed by atoms with Gasteiger partial charge in [-0.15, -0.1) is 0 Å². The second-order valence-electron chi connectivity index (χ2n) is 5.92. The fourth-order valence-corrected chi connectivity index (χ4v) is 3.00. The van der Waals surface area contributed by atoms with E-state index in [-0.39, 0.29) is 41.7 Å². The molecule has 1 saturated heterocycles. The number of likely N-dealkylation sites (tertiary alicyclic amines) is 1. The van der Waals surface area contributed by atoms with Crippen molar-refractivity contribution in [2.45, 2.75) is 52.1 Å². The van der Waals surface area contributed by atoms with Gasteiger partial charge in [-0.1, -0.05) is 0 Å². The second kappa shape index (κ2) is 6.90. The molecule has 4 nitrogen and oxygen atoms in total. The van der Waals surface area contributed by atoms with Gasteiger partial charge in [0.1, 0.15) is 11.6 Å². The number of ketones is 1. The number of nitrogens with zero attached hydrogens (tertiary/aromatic N) is 1. The number of piperidine rings is 1. The summed E-state index contributed by atoms with van der Waals surface area (Å²) in [7, 11) is 0. The number of hydrogen-bond donors (Lipinski definition) is 0. The van der Waals surface area contributed by atoms with Gasteiger partial charge in [0.25, 0.3) is 5.91 Å². The summed E-state index contributed by atoms with van der Waals surface area (Å²) in [6.07, 6.45) is 3.13. The van der Waals surface area contributed by atoms with E-state index in [0.717, 1.165) is 25.3 Å². The van der Waals surface area contributed by atoms with Crippen LogP contribution >= 0.6 is 0 Å². The molecule has 0 radical (unpaired) electrons. The summed E-state index contributed by atoms with van der Waals surface area (Å²) >= 11 is 0.